The van der Waals surface area contributed by atoms with Crippen molar-refractivity contribution < 1.29 is 23.1 Å². The first-order chi connectivity index (χ1) is 13.5. The van der Waals surface area contributed by atoms with Gasteiger partial charge in [-0.15, -0.1) is 0 Å². The second-order valence-corrected chi connectivity index (χ2v) is 7.30. The molecule has 0 aromatic heterocycles. The van der Waals surface area contributed by atoms with E-state index in [0.717, 1.165) is 0 Å². The van der Waals surface area contributed by atoms with Crippen LogP contribution in [-0.4, -0.2) is 48.8 Å². The monoisotopic (exact) mass is 406 g/mol. The van der Waals surface area contributed by atoms with Gasteiger partial charge in [-0.05, 0) is 48.9 Å². The Kier molecular flexibility index (Phi) is 6.64. The largest absolute Gasteiger partial charge is 0.378 e. The summed E-state index contributed by atoms with van der Waals surface area (Å²) in [6.45, 7) is 3.89. The van der Waals surface area contributed by atoms with Gasteiger partial charge in [0.1, 0.15) is 0 Å². The molecule has 2 aromatic rings. The molecule has 0 spiro atoms. The number of hydrogen-bond acceptors (Lipinski definition) is 4. The highest BCUT2D eigenvalue weighted by molar-refractivity contribution is 7.99. The van der Waals surface area contributed by atoms with Gasteiger partial charge in [-0.1, -0.05) is 17.8 Å². The average Bonchev–Trinajstić information content (AvgIpc) is 2.70. The van der Waals surface area contributed by atoms with E-state index in [1.165, 1.54) is 24.3 Å². The average molecular weight is 406 g/mol. The molecular formula is C20H20F2N2O3S. The summed E-state index contributed by atoms with van der Waals surface area (Å²) < 4.78 is 30.1. The SMILES string of the molecule is Cc1c(NC(=O)c2ccc(SC(F)F)cc2)cccc1C(=O)N1CCOCC1. The van der Waals surface area contributed by atoms with E-state index in [4.69, 9.17) is 4.74 Å². The quantitative estimate of drug-likeness (QED) is 0.762. The predicted octanol–water partition coefficient (Wildman–Crippen LogP) is 4.03. The molecule has 1 heterocycles. The third-order valence-electron chi connectivity index (χ3n) is 4.45. The first-order valence-corrected chi connectivity index (χ1v) is 9.66. The van der Waals surface area contributed by atoms with Crippen LogP contribution in [0.3, 0.4) is 0 Å². The fourth-order valence-corrected chi connectivity index (χ4v) is 3.42. The van der Waals surface area contributed by atoms with Crippen LogP contribution in [0.5, 0.6) is 0 Å². The smallest absolute Gasteiger partial charge is 0.288 e. The maximum absolute atomic E-state index is 12.7. The maximum Gasteiger partial charge on any atom is 0.288 e. The third kappa shape index (κ3) is 4.88. The van der Waals surface area contributed by atoms with Crippen molar-refractivity contribution in [2.75, 3.05) is 31.6 Å². The normalized spacial score (nSPS) is 14.2. The molecule has 2 aromatic carbocycles. The highest BCUT2D eigenvalue weighted by Gasteiger charge is 2.21. The van der Waals surface area contributed by atoms with Crippen molar-refractivity contribution in [2.24, 2.45) is 0 Å². The van der Waals surface area contributed by atoms with Crippen LogP contribution in [0.25, 0.3) is 0 Å². The molecule has 1 aliphatic rings. The number of amides is 2. The van der Waals surface area contributed by atoms with Crippen molar-refractivity contribution in [1.29, 1.82) is 0 Å². The van der Waals surface area contributed by atoms with Crippen molar-refractivity contribution in [2.45, 2.75) is 17.6 Å². The van der Waals surface area contributed by atoms with Gasteiger partial charge in [-0.2, -0.15) is 8.78 Å². The molecule has 0 radical (unpaired) electrons. The number of rotatable bonds is 5. The molecule has 0 unspecified atom stereocenters. The minimum Gasteiger partial charge on any atom is -0.378 e. The van der Waals surface area contributed by atoms with Gasteiger partial charge in [0.2, 0.25) is 0 Å². The van der Waals surface area contributed by atoms with Crippen LogP contribution < -0.4 is 5.32 Å². The number of halogens is 2. The number of alkyl halides is 2. The van der Waals surface area contributed by atoms with Gasteiger partial charge < -0.3 is 15.0 Å². The topological polar surface area (TPSA) is 58.6 Å². The van der Waals surface area contributed by atoms with Gasteiger partial charge in [0.15, 0.2) is 0 Å². The number of hydrogen-bond donors (Lipinski definition) is 1. The summed E-state index contributed by atoms with van der Waals surface area (Å²) in [6, 6.07) is 11.1. The summed E-state index contributed by atoms with van der Waals surface area (Å²) in [6.07, 6.45) is 0. The molecule has 2 amide bonds. The number of ether oxygens (including phenoxy) is 1. The van der Waals surface area contributed by atoms with Crippen LogP contribution in [0.2, 0.25) is 0 Å². The minimum absolute atomic E-state index is 0.0923. The molecule has 1 N–H and O–H groups in total. The number of benzene rings is 2. The van der Waals surface area contributed by atoms with Crippen molar-refractivity contribution in [3.63, 3.8) is 0 Å². The molecule has 1 fully saturated rings. The summed E-state index contributed by atoms with van der Waals surface area (Å²) in [4.78, 5) is 27.4. The minimum atomic E-state index is -2.51. The van der Waals surface area contributed by atoms with Crippen LogP contribution in [-0.2, 0) is 4.74 Å². The third-order valence-corrected chi connectivity index (χ3v) is 5.17. The van der Waals surface area contributed by atoms with Crippen LogP contribution in [0.1, 0.15) is 26.3 Å². The Labute approximate surface area is 166 Å². The molecule has 0 aliphatic carbocycles. The summed E-state index contributed by atoms with van der Waals surface area (Å²) in [5.74, 6) is -2.97. The molecule has 28 heavy (non-hydrogen) atoms. The molecule has 0 saturated carbocycles. The lowest BCUT2D eigenvalue weighted by atomic mass is 10.0. The zero-order chi connectivity index (χ0) is 20.1. The van der Waals surface area contributed by atoms with E-state index in [0.29, 0.717) is 65.3 Å². The van der Waals surface area contributed by atoms with Gasteiger partial charge in [0, 0.05) is 34.8 Å². The Morgan fingerprint density at radius 3 is 2.43 bits per heavy atom. The molecule has 5 nitrogen and oxygen atoms in total. The van der Waals surface area contributed by atoms with Crippen molar-refractivity contribution >= 4 is 29.3 Å². The van der Waals surface area contributed by atoms with Crippen molar-refractivity contribution in [3.05, 3.63) is 59.2 Å². The van der Waals surface area contributed by atoms with Gasteiger partial charge in [-0.25, -0.2) is 0 Å². The molecule has 3 rings (SSSR count). The van der Waals surface area contributed by atoms with Gasteiger partial charge in [0.25, 0.3) is 17.6 Å². The Morgan fingerprint density at radius 2 is 1.79 bits per heavy atom. The first-order valence-electron chi connectivity index (χ1n) is 8.78. The van der Waals surface area contributed by atoms with E-state index in [1.807, 2.05) is 0 Å². The molecule has 0 atom stereocenters. The molecule has 1 saturated heterocycles. The Morgan fingerprint density at radius 1 is 1.11 bits per heavy atom. The lowest BCUT2D eigenvalue weighted by molar-refractivity contribution is 0.0302. The number of carbonyl (C=O) groups is 2. The van der Waals surface area contributed by atoms with Crippen LogP contribution in [0.4, 0.5) is 14.5 Å². The second-order valence-electron chi connectivity index (χ2n) is 6.24. The first kappa shape index (κ1) is 20.3. The summed E-state index contributed by atoms with van der Waals surface area (Å²) in [5, 5.41) is 2.80. The van der Waals surface area contributed by atoms with E-state index >= 15 is 0 Å². The molecule has 1 aliphatic heterocycles. The number of thioether (sulfide) groups is 1. The fourth-order valence-electron chi connectivity index (χ4n) is 2.92. The van der Waals surface area contributed by atoms with E-state index in [2.05, 4.69) is 5.32 Å². The highest BCUT2D eigenvalue weighted by Crippen LogP contribution is 2.26. The Hall–Kier alpha value is -2.45. The summed E-state index contributed by atoms with van der Waals surface area (Å²) >= 11 is 0.428. The number of nitrogens with one attached hydrogen (secondary N) is 1. The highest BCUT2D eigenvalue weighted by atomic mass is 32.2. The Balaban J connectivity index is 1.73. The zero-order valence-electron chi connectivity index (χ0n) is 15.3. The lowest BCUT2D eigenvalue weighted by Crippen LogP contribution is -2.41. The fraction of sp³-hybridized carbons (Fsp3) is 0.300. The zero-order valence-corrected chi connectivity index (χ0v) is 16.1. The summed E-state index contributed by atoms with van der Waals surface area (Å²) in [7, 11) is 0. The predicted molar refractivity (Wildman–Crippen MR) is 104 cm³/mol. The molecule has 8 heteroatoms. The van der Waals surface area contributed by atoms with Crippen molar-refractivity contribution in [1.82, 2.24) is 4.90 Å². The van der Waals surface area contributed by atoms with Crippen LogP contribution >= 0.6 is 11.8 Å². The van der Waals surface area contributed by atoms with E-state index in [9.17, 15) is 18.4 Å². The summed E-state index contributed by atoms with van der Waals surface area (Å²) in [5.41, 5.74) is 2.10. The number of anilines is 1. The number of nitrogens with zero attached hydrogens (tertiary/aromatic N) is 1. The van der Waals surface area contributed by atoms with E-state index in [-0.39, 0.29) is 11.8 Å². The van der Waals surface area contributed by atoms with Gasteiger partial charge in [-0.3, -0.25) is 9.59 Å². The molecule has 148 valence electrons. The van der Waals surface area contributed by atoms with Crippen LogP contribution in [0.15, 0.2) is 47.4 Å². The second kappa shape index (κ2) is 9.16. The van der Waals surface area contributed by atoms with Gasteiger partial charge in [0.05, 0.1) is 13.2 Å². The maximum atomic E-state index is 12.7. The standard InChI is InChI=1S/C20H20F2N2O3S/c1-13-16(19(26)24-9-11-27-12-10-24)3-2-4-17(13)23-18(25)14-5-7-15(8-6-14)28-20(21)22/h2-8,20H,9-12H2,1H3,(H,23,25). The van der Waals surface area contributed by atoms with Crippen LogP contribution in [0, 0.1) is 6.92 Å². The number of morpholine rings is 1. The molecular weight excluding hydrogens is 386 g/mol. The number of carbonyl (C=O) groups excluding carboxylic acids is 2. The lowest BCUT2D eigenvalue weighted by Gasteiger charge is -2.27. The van der Waals surface area contributed by atoms with Crippen molar-refractivity contribution in [3.8, 4) is 0 Å². The van der Waals surface area contributed by atoms with E-state index in [1.54, 1.807) is 30.0 Å². The van der Waals surface area contributed by atoms with Gasteiger partial charge >= 0.3 is 0 Å². The molecule has 0 bridgehead atoms. The Bertz CT molecular complexity index is 853. The van der Waals surface area contributed by atoms with E-state index < -0.39 is 5.76 Å².